The predicted molar refractivity (Wildman–Crippen MR) is 110 cm³/mol. The summed E-state index contributed by atoms with van der Waals surface area (Å²) in [5.74, 6) is 0.753. The molecule has 27 heavy (non-hydrogen) atoms. The number of likely N-dealkylation sites (N-methyl/N-ethyl adjacent to an activating group) is 1. The molecule has 0 saturated heterocycles. The average molecular weight is 391 g/mol. The molecule has 148 valence electrons. The predicted octanol–water partition coefficient (Wildman–Crippen LogP) is 3.51. The second-order valence-corrected chi connectivity index (χ2v) is 8.90. The maximum atomic E-state index is 13.1. The van der Waals surface area contributed by atoms with Crippen molar-refractivity contribution in [2.45, 2.75) is 38.6 Å². The van der Waals surface area contributed by atoms with Crippen LogP contribution in [0.1, 0.15) is 33.9 Å². The quantitative estimate of drug-likeness (QED) is 0.786. The second-order valence-electron chi connectivity index (χ2n) is 7.20. The van der Waals surface area contributed by atoms with Gasteiger partial charge in [-0.25, -0.2) is 13.1 Å². The minimum absolute atomic E-state index is 0.110. The van der Waals surface area contributed by atoms with Gasteiger partial charge in [0.05, 0.1) is 12.0 Å². The molecule has 1 N–H and O–H groups in total. The summed E-state index contributed by atoms with van der Waals surface area (Å²) in [6.45, 7) is 7.89. The highest BCUT2D eigenvalue weighted by molar-refractivity contribution is 7.89. The molecule has 0 bridgehead atoms. The molecular formula is C21H30N2O3S. The van der Waals surface area contributed by atoms with Gasteiger partial charge in [0.15, 0.2) is 0 Å². The van der Waals surface area contributed by atoms with Crippen molar-refractivity contribution in [3.05, 3.63) is 58.1 Å². The Morgan fingerprint density at radius 3 is 2.15 bits per heavy atom. The zero-order chi connectivity index (χ0) is 20.4. The maximum absolute atomic E-state index is 13.1. The Labute approximate surface area is 163 Å². The molecule has 0 aromatic heterocycles. The number of nitrogens with zero attached hydrogens (tertiary/aromatic N) is 1. The molecule has 0 spiro atoms. The number of sulfonamides is 1. The number of hydrogen-bond acceptors (Lipinski definition) is 4. The highest BCUT2D eigenvalue weighted by Gasteiger charge is 2.24. The van der Waals surface area contributed by atoms with Crippen LogP contribution in [-0.2, 0) is 10.0 Å². The number of benzene rings is 2. The summed E-state index contributed by atoms with van der Waals surface area (Å²) >= 11 is 0. The topological polar surface area (TPSA) is 58.6 Å². The first-order chi connectivity index (χ1) is 12.6. The molecule has 2 aromatic carbocycles. The zero-order valence-electron chi connectivity index (χ0n) is 17.3. The fraction of sp³-hybridized carbons (Fsp3) is 0.429. The van der Waals surface area contributed by atoms with Crippen LogP contribution in [0.15, 0.2) is 35.2 Å². The third-order valence-corrected chi connectivity index (χ3v) is 6.83. The molecule has 0 aliphatic heterocycles. The van der Waals surface area contributed by atoms with Gasteiger partial charge in [0, 0.05) is 12.6 Å². The van der Waals surface area contributed by atoms with Gasteiger partial charge in [-0.15, -0.1) is 0 Å². The largest absolute Gasteiger partial charge is 0.497 e. The molecule has 0 saturated carbocycles. The van der Waals surface area contributed by atoms with Crippen LogP contribution in [0.25, 0.3) is 0 Å². The van der Waals surface area contributed by atoms with Crippen molar-refractivity contribution in [3.63, 3.8) is 0 Å². The van der Waals surface area contributed by atoms with Crippen LogP contribution >= 0.6 is 0 Å². The van der Waals surface area contributed by atoms with E-state index >= 15 is 0 Å². The molecule has 2 rings (SSSR count). The lowest BCUT2D eigenvalue weighted by molar-refractivity contribution is 0.298. The van der Waals surface area contributed by atoms with Crippen molar-refractivity contribution in [2.75, 3.05) is 27.7 Å². The second kappa shape index (κ2) is 8.42. The minimum atomic E-state index is -3.63. The zero-order valence-corrected chi connectivity index (χ0v) is 18.1. The summed E-state index contributed by atoms with van der Waals surface area (Å²) in [6.07, 6.45) is 0. The van der Waals surface area contributed by atoms with E-state index in [0.717, 1.165) is 33.6 Å². The molecule has 5 nitrogen and oxygen atoms in total. The monoisotopic (exact) mass is 390 g/mol. The lowest BCUT2D eigenvalue weighted by atomic mass is 10.0. The first-order valence-electron chi connectivity index (χ1n) is 8.96. The van der Waals surface area contributed by atoms with Crippen LogP contribution in [0.2, 0.25) is 0 Å². The van der Waals surface area contributed by atoms with Crippen molar-refractivity contribution in [1.82, 2.24) is 9.62 Å². The SMILES string of the molecule is COc1cccc(C(CNS(=O)(=O)c2c(C)c(C)cc(C)c2C)N(C)C)c1. The molecule has 0 aliphatic carbocycles. The van der Waals surface area contributed by atoms with E-state index < -0.39 is 10.0 Å². The van der Waals surface area contributed by atoms with E-state index in [1.165, 1.54) is 0 Å². The molecule has 0 heterocycles. The Bertz CT molecular complexity index is 895. The number of aryl methyl sites for hydroxylation is 2. The van der Waals surface area contributed by atoms with E-state index in [1.54, 1.807) is 7.11 Å². The summed E-state index contributed by atoms with van der Waals surface area (Å²) in [7, 11) is 1.87. The molecule has 1 unspecified atom stereocenters. The molecule has 0 fully saturated rings. The van der Waals surface area contributed by atoms with Gasteiger partial charge in [-0.1, -0.05) is 18.2 Å². The fourth-order valence-corrected chi connectivity index (χ4v) is 4.94. The van der Waals surface area contributed by atoms with Gasteiger partial charge < -0.3 is 9.64 Å². The van der Waals surface area contributed by atoms with E-state index in [-0.39, 0.29) is 12.6 Å². The first-order valence-corrected chi connectivity index (χ1v) is 10.4. The maximum Gasteiger partial charge on any atom is 0.241 e. The summed E-state index contributed by atoms with van der Waals surface area (Å²) in [4.78, 5) is 2.39. The van der Waals surface area contributed by atoms with Crippen LogP contribution in [0.3, 0.4) is 0 Å². The van der Waals surface area contributed by atoms with Crippen LogP contribution in [-0.4, -0.2) is 41.1 Å². The van der Waals surface area contributed by atoms with Gasteiger partial charge in [0.1, 0.15) is 5.75 Å². The van der Waals surface area contributed by atoms with Gasteiger partial charge in [-0.2, -0.15) is 0 Å². The van der Waals surface area contributed by atoms with Gasteiger partial charge in [0.25, 0.3) is 0 Å². The van der Waals surface area contributed by atoms with Crippen LogP contribution < -0.4 is 9.46 Å². The van der Waals surface area contributed by atoms with Crippen LogP contribution in [0, 0.1) is 27.7 Å². The fourth-order valence-electron chi connectivity index (χ4n) is 3.29. The Morgan fingerprint density at radius 2 is 1.63 bits per heavy atom. The first kappa shape index (κ1) is 21.4. The van der Waals surface area contributed by atoms with Crippen molar-refractivity contribution < 1.29 is 13.2 Å². The smallest absolute Gasteiger partial charge is 0.241 e. The Hall–Kier alpha value is -1.89. The van der Waals surface area contributed by atoms with E-state index in [0.29, 0.717) is 4.90 Å². The van der Waals surface area contributed by atoms with Gasteiger partial charge in [-0.05, 0) is 81.7 Å². The van der Waals surface area contributed by atoms with Crippen molar-refractivity contribution in [3.8, 4) is 5.75 Å². The summed E-state index contributed by atoms with van der Waals surface area (Å²) in [6, 6.07) is 9.63. The molecular weight excluding hydrogens is 360 g/mol. The van der Waals surface area contributed by atoms with Crippen LogP contribution in [0.5, 0.6) is 5.75 Å². The van der Waals surface area contributed by atoms with Gasteiger partial charge in [-0.3, -0.25) is 0 Å². The molecule has 6 heteroatoms. The number of ether oxygens (including phenoxy) is 1. The normalized spacial score (nSPS) is 13.0. The summed E-state index contributed by atoms with van der Waals surface area (Å²) in [5, 5.41) is 0. The lowest BCUT2D eigenvalue weighted by Gasteiger charge is -2.26. The third-order valence-electron chi connectivity index (χ3n) is 5.13. The van der Waals surface area contributed by atoms with Crippen LogP contribution in [0.4, 0.5) is 0 Å². The summed E-state index contributed by atoms with van der Waals surface area (Å²) in [5.41, 5.74) is 4.56. The number of rotatable bonds is 7. The van der Waals surface area contributed by atoms with Crippen molar-refractivity contribution in [1.29, 1.82) is 0 Å². The molecule has 0 radical (unpaired) electrons. The van der Waals surface area contributed by atoms with Crippen molar-refractivity contribution >= 4 is 10.0 Å². The third kappa shape index (κ3) is 4.69. The Morgan fingerprint density at radius 1 is 1.04 bits per heavy atom. The number of methoxy groups -OCH3 is 1. The van der Waals surface area contributed by atoms with E-state index in [2.05, 4.69) is 4.72 Å². The van der Waals surface area contributed by atoms with Gasteiger partial charge >= 0.3 is 0 Å². The van der Waals surface area contributed by atoms with E-state index in [9.17, 15) is 8.42 Å². The molecule has 0 aliphatic rings. The molecule has 2 aromatic rings. The average Bonchev–Trinajstić information content (AvgIpc) is 2.60. The lowest BCUT2D eigenvalue weighted by Crippen LogP contribution is -2.35. The number of nitrogens with one attached hydrogen (secondary N) is 1. The van der Waals surface area contributed by atoms with E-state index in [4.69, 9.17) is 4.74 Å². The Balaban J connectivity index is 2.35. The van der Waals surface area contributed by atoms with Crippen molar-refractivity contribution in [2.24, 2.45) is 0 Å². The summed E-state index contributed by atoms with van der Waals surface area (Å²) < 4.78 is 34.3. The molecule has 1 atom stereocenters. The minimum Gasteiger partial charge on any atom is -0.497 e. The highest BCUT2D eigenvalue weighted by atomic mass is 32.2. The van der Waals surface area contributed by atoms with Gasteiger partial charge in [0.2, 0.25) is 10.0 Å². The Kier molecular flexibility index (Phi) is 6.68. The standard InChI is InChI=1S/C21H30N2O3S/c1-14-11-15(2)17(4)21(16(14)3)27(24,25)22-13-20(23(5)6)18-9-8-10-19(12-18)26-7/h8-12,20,22H,13H2,1-7H3. The molecule has 0 amide bonds. The number of hydrogen-bond donors (Lipinski definition) is 1. The van der Waals surface area contributed by atoms with E-state index in [1.807, 2.05) is 77.0 Å². The highest BCUT2D eigenvalue weighted by Crippen LogP contribution is 2.27.